The summed E-state index contributed by atoms with van der Waals surface area (Å²) in [6.45, 7) is 2.82. The molecule has 0 atom stereocenters. The fourth-order valence-electron chi connectivity index (χ4n) is 1.76. The third-order valence-corrected chi connectivity index (χ3v) is 2.80. The van der Waals surface area contributed by atoms with Crippen molar-refractivity contribution in [3.8, 4) is 0 Å². The number of carbonyl (C=O) groups is 1. The average Bonchev–Trinajstić information content (AvgIpc) is 2.30. The lowest BCUT2D eigenvalue weighted by Crippen LogP contribution is -2.46. The van der Waals surface area contributed by atoms with Crippen LogP contribution in [0.1, 0.15) is 12.8 Å². The molecule has 0 saturated carbocycles. The number of nitrogens with zero attached hydrogens (tertiary/aromatic N) is 5. The number of carbonyl (C=O) groups excluding carboxylic acids is 1. The quantitative estimate of drug-likeness (QED) is 0.452. The molecule has 2 amide bonds. The zero-order valence-electron chi connectivity index (χ0n) is 10.5. The molecule has 0 radical (unpaired) electrons. The van der Waals surface area contributed by atoms with Crippen molar-refractivity contribution < 1.29 is 4.79 Å². The number of azide groups is 1. The summed E-state index contributed by atoms with van der Waals surface area (Å²) in [5.41, 5.74) is 8.32. The molecular weight excluding hydrogens is 220 g/mol. The number of rotatable bonds is 4. The Labute approximate surface area is 101 Å². The zero-order chi connectivity index (χ0) is 12.7. The first kappa shape index (κ1) is 13.6. The van der Waals surface area contributed by atoms with Crippen LogP contribution in [0.15, 0.2) is 5.11 Å². The largest absolute Gasteiger partial charge is 0.337 e. The molecule has 0 bridgehead atoms. The van der Waals surface area contributed by atoms with Crippen molar-refractivity contribution >= 4 is 6.03 Å². The molecule has 0 aromatic carbocycles. The zero-order valence-corrected chi connectivity index (χ0v) is 10.5. The molecule has 7 nitrogen and oxygen atoms in total. The summed E-state index contributed by atoms with van der Waals surface area (Å²) in [4.78, 5) is 18.3. The topological polar surface area (TPSA) is 84.3 Å². The van der Waals surface area contributed by atoms with E-state index < -0.39 is 0 Å². The summed E-state index contributed by atoms with van der Waals surface area (Å²) in [5, 5.41) is 6.55. The lowest BCUT2D eigenvalue weighted by molar-refractivity contribution is 0.181. The van der Waals surface area contributed by atoms with Crippen molar-refractivity contribution in [3.63, 3.8) is 0 Å². The van der Waals surface area contributed by atoms with E-state index in [9.17, 15) is 4.79 Å². The number of likely N-dealkylation sites (tertiary alicyclic amines) is 1. The van der Waals surface area contributed by atoms with E-state index in [1.165, 1.54) is 0 Å². The molecular formula is C10H20N6O. The fraction of sp³-hybridized carbons (Fsp3) is 0.900. The van der Waals surface area contributed by atoms with Crippen molar-refractivity contribution in [2.75, 3.05) is 40.3 Å². The Morgan fingerprint density at radius 1 is 1.53 bits per heavy atom. The Balaban J connectivity index is 2.23. The SMILES string of the molecule is CN(C)CCNC(=O)N1CCC(N=[N+]=[N-])CC1. The minimum absolute atomic E-state index is 0.0220. The van der Waals surface area contributed by atoms with Gasteiger partial charge in [0.05, 0.1) is 0 Å². The Morgan fingerprint density at radius 3 is 2.71 bits per heavy atom. The molecule has 1 aliphatic rings. The lowest BCUT2D eigenvalue weighted by Gasteiger charge is -2.30. The van der Waals surface area contributed by atoms with Gasteiger partial charge in [0, 0.05) is 37.1 Å². The third-order valence-electron chi connectivity index (χ3n) is 2.80. The predicted octanol–water partition coefficient (Wildman–Crippen LogP) is 1.03. The highest BCUT2D eigenvalue weighted by molar-refractivity contribution is 5.74. The monoisotopic (exact) mass is 240 g/mol. The van der Waals surface area contributed by atoms with Crippen LogP contribution in [0.2, 0.25) is 0 Å². The first-order valence-electron chi connectivity index (χ1n) is 5.85. The van der Waals surface area contributed by atoms with E-state index in [-0.39, 0.29) is 12.1 Å². The number of urea groups is 1. The highest BCUT2D eigenvalue weighted by Crippen LogP contribution is 2.13. The second-order valence-corrected chi connectivity index (χ2v) is 4.46. The summed E-state index contributed by atoms with van der Waals surface area (Å²) in [5.74, 6) is 0. The molecule has 0 spiro atoms. The first-order valence-corrected chi connectivity index (χ1v) is 5.85. The second kappa shape index (κ2) is 6.98. The highest BCUT2D eigenvalue weighted by atomic mass is 16.2. The molecule has 1 aliphatic heterocycles. The number of piperidine rings is 1. The van der Waals surface area contributed by atoms with E-state index in [1.54, 1.807) is 4.90 Å². The second-order valence-electron chi connectivity index (χ2n) is 4.46. The van der Waals surface area contributed by atoms with E-state index in [0.29, 0.717) is 19.6 Å². The minimum Gasteiger partial charge on any atom is -0.337 e. The molecule has 1 heterocycles. The highest BCUT2D eigenvalue weighted by Gasteiger charge is 2.21. The van der Waals surface area contributed by atoms with Crippen molar-refractivity contribution in [3.05, 3.63) is 10.4 Å². The molecule has 0 aromatic heterocycles. The molecule has 1 fully saturated rings. The van der Waals surface area contributed by atoms with Crippen molar-refractivity contribution in [1.29, 1.82) is 0 Å². The van der Waals surface area contributed by atoms with Crippen LogP contribution in [0.4, 0.5) is 4.79 Å². The average molecular weight is 240 g/mol. The third kappa shape index (κ3) is 4.93. The van der Waals surface area contributed by atoms with E-state index in [1.807, 2.05) is 19.0 Å². The van der Waals surface area contributed by atoms with Crippen molar-refractivity contribution in [1.82, 2.24) is 15.1 Å². The summed E-state index contributed by atoms with van der Waals surface area (Å²) < 4.78 is 0. The maximum atomic E-state index is 11.7. The first-order chi connectivity index (χ1) is 8.13. The summed E-state index contributed by atoms with van der Waals surface area (Å²) in [6.07, 6.45) is 1.51. The van der Waals surface area contributed by atoms with Crippen LogP contribution >= 0.6 is 0 Å². The number of hydrogen-bond acceptors (Lipinski definition) is 3. The van der Waals surface area contributed by atoms with Gasteiger partial charge in [-0.15, -0.1) is 0 Å². The molecule has 1 rings (SSSR count). The fourth-order valence-corrected chi connectivity index (χ4v) is 1.76. The van der Waals surface area contributed by atoms with Gasteiger partial charge in [-0.3, -0.25) is 0 Å². The lowest BCUT2D eigenvalue weighted by atomic mass is 10.1. The van der Waals surface area contributed by atoms with Gasteiger partial charge < -0.3 is 15.1 Å². The van der Waals surface area contributed by atoms with Crippen LogP contribution in [-0.4, -0.2) is 62.1 Å². The van der Waals surface area contributed by atoms with Crippen molar-refractivity contribution in [2.24, 2.45) is 5.11 Å². The Kier molecular flexibility index (Phi) is 5.59. The standard InChI is InChI=1S/C10H20N6O/c1-15(2)8-5-12-10(17)16-6-3-9(4-7-16)13-14-11/h9H,3-8H2,1-2H3,(H,12,17). The molecule has 0 aliphatic carbocycles. The summed E-state index contributed by atoms with van der Waals surface area (Å²) >= 11 is 0. The summed E-state index contributed by atoms with van der Waals surface area (Å²) in [6, 6.07) is 0.0251. The summed E-state index contributed by atoms with van der Waals surface area (Å²) in [7, 11) is 3.94. The molecule has 7 heteroatoms. The Morgan fingerprint density at radius 2 is 2.18 bits per heavy atom. The van der Waals surface area contributed by atoms with Gasteiger partial charge in [-0.2, -0.15) is 0 Å². The van der Waals surface area contributed by atoms with Gasteiger partial charge in [0.15, 0.2) is 0 Å². The van der Waals surface area contributed by atoms with Crippen LogP contribution < -0.4 is 5.32 Å². The smallest absolute Gasteiger partial charge is 0.317 e. The van der Waals surface area contributed by atoms with E-state index in [0.717, 1.165) is 19.4 Å². The van der Waals surface area contributed by atoms with E-state index in [4.69, 9.17) is 5.53 Å². The van der Waals surface area contributed by atoms with Gasteiger partial charge in [0.2, 0.25) is 0 Å². The minimum atomic E-state index is -0.0220. The van der Waals surface area contributed by atoms with Crippen LogP contribution in [0, 0.1) is 0 Å². The Bertz CT molecular complexity index is 291. The molecule has 0 aromatic rings. The maximum Gasteiger partial charge on any atom is 0.317 e. The van der Waals surface area contributed by atoms with Crippen LogP contribution in [0.5, 0.6) is 0 Å². The van der Waals surface area contributed by atoms with Gasteiger partial charge in [-0.25, -0.2) is 4.79 Å². The van der Waals surface area contributed by atoms with Gasteiger partial charge in [0.1, 0.15) is 0 Å². The molecule has 1 saturated heterocycles. The molecule has 96 valence electrons. The van der Waals surface area contributed by atoms with Crippen molar-refractivity contribution in [2.45, 2.75) is 18.9 Å². The van der Waals surface area contributed by atoms with Gasteiger partial charge in [-0.05, 0) is 32.5 Å². The van der Waals surface area contributed by atoms with E-state index >= 15 is 0 Å². The molecule has 0 unspecified atom stereocenters. The van der Waals surface area contributed by atoms with Crippen LogP contribution in [-0.2, 0) is 0 Å². The number of nitrogens with one attached hydrogen (secondary N) is 1. The van der Waals surface area contributed by atoms with Crippen LogP contribution in [0.3, 0.4) is 0 Å². The normalized spacial score (nSPS) is 16.8. The number of likely N-dealkylation sites (N-methyl/N-ethyl adjacent to an activating group) is 1. The number of hydrogen-bond donors (Lipinski definition) is 1. The molecule has 1 N–H and O–H groups in total. The van der Waals surface area contributed by atoms with Gasteiger partial charge in [-0.1, -0.05) is 5.11 Å². The van der Waals surface area contributed by atoms with Crippen LogP contribution in [0.25, 0.3) is 10.4 Å². The van der Waals surface area contributed by atoms with Gasteiger partial charge in [0.25, 0.3) is 0 Å². The van der Waals surface area contributed by atoms with Gasteiger partial charge >= 0.3 is 6.03 Å². The van der Waals surface area contributed by atoms with E-state index in [2.05, 4.69) is 15.3 Å². The molecule has 17 heavy (non-hydrogen) atoms. The Hall–Kier alpha value is -1.46. The maximum absolute atomic E-state index is 11.7. The predicted molar refractivity (Wildman–Crippen MR) is 65.7 cm³/mol. The number of amides is 2.